The lowest BCUT2D eigenvalue weighted by Gasteiger charge is -2.49. The number of esters is 1. The molecule has 13 heteroatoms. The lowest BCUT2D eigenvalue weighted by atomic mass is 10.0. The summed E-state index contributed by atoms with van der Waals surface area (Å²) in [5.41, 5.74) is 1.75. The van der Waals surface area contributed by atoms with Crippen molar-refractivity contribution in [3.63, 3.8) is 0 Å². The third kappa shape index (κ3) is 6.80. The van der Waals surface area contributed by atoms with Gasteiger partial charge in [-0.3, -0.25) is 19.4 Å². The Hall–Kier alpha value is -3.85. The molecule has 0 spiro atoms. The standard InChI is InChI=1S/C33H35N5O6S.HI/c1-33(2,3)44-32(42)34-26-29(40)38-27(31(41)43-28(22-11-6-4-7-12-22)23-13-8-5-9-14-23)24(20-45-30(26)38)19-36-18-15-25-35(21-39)16-10-17-37(25)36;/h4-9,11-15,18,21,26,28,30H,10,16-17,19-20H2,1-3H3;1H/t26-,30-;/m1./s1. The van der Waals surface area contributed by atoms with Crippen molar-refractivity contribution in [3.05, 3.63) is 95.3 Å². The van der Waals surface area contributed by atoms with E-state index in [4.69, 9.17) is 9.47 Å². The number of hydrogen-bond acceptors (Lipinski definition) is 7. The Morgan fingerprint density at radius 2 is 1.70 bits per heavy atom. The Kier molecular flexibility index (Phi) is 10.1. The van der Waals surface area contributed by atoms with Crippen molar-refractivity contribution in [2.75, 3.05) is 17.2 Å². The van der Waals surface area contributed by atoms with Crippen LogP contribution in [-0.2, 0) is 36.9 Å². The van der Waals surface area contributed by atoms with E-state index in [2.05, 4.69) is 5.32 Å². The van der Waals surface area contributed by atoms with Crippen LogP contribution in [0.3, 0.4) is 0 Å². The molecule has 46 heavy (non-hydrogen) atoms. The molecule has 1 fully saturated rings. The summed E-state index contributed by atoms with van der Waals surface area (Å²) in [6.45, 7) is 6.92. The molecule has 6 rings (SSSR count). The van der Waals surface area contributed by atoms with Gasteiger partial charge in [-0.1, -0.05) is 60.7 Å². The number of β-lactam (4-membered cyclic amide) rings is 1. The molecular weight excluding hydrogens is 721 g/mol. The van der Waals surface area contributed by atoms with Crippen molar-refractivity contribution in [3.8, 4) is 0 Å². The maximum Gasteiger partial charge on any atom is 0.408 e. The van der Waals surface area contributed by atoms with Gasteiger partial charge >= 0.3 is 12.1 Å². The summed E-state index contributed by atoms with van der Waals surface area (Å²) < 4.78 is 15.6. The molecule has 0 radical (unpaired) electrons. The maximum atomic E-state index is 14.3. The highest BCUT2D eigenvalue weighted by Gasteiger charge is 2.55. The Bertz CT molecular complexity index is 1600. The number of halogens is 1. The molecule has 11 nitrogen and oxygen atoms in total. The van der Waals surface area contributed by atoms with Crippen LogP contribution in [0.4, 0.5) is 10.6 Å². The van der Waals surface area contributed by atoms with Crippen LogP contribution >= 0.6 is 11.8 Å². The van der Waals surface area contributed by atoms with Crippen LogP contribution in [0.25, 0.3) is 0 Å². The zero-order valence-electron chi connectivity index (χ0n) is 25.8. The van der Waals surface area contributed by atoms with Gasteiger partial charge in [0.25, 0.3) is 5.91 Å². The molecule has 242 valence electrons. The van der Waals surface area contributed by atoms with E-state index >= 15 is 0 Å². The molecule has 3 aliphatic rings. The van der Waals surface area contributed by atoms with E-state index in [1.807, 2.05) is 82.3 Å². The number of carbonyl (C=O) groups is 4. The first-order valence-electron chi connectivity index (χ1n) is 14.9. The number of amides is 3. The van der Waals surface area contributed by atoms with Crippen LogP contribution in [0.1, 0.15) is 44.4 Å². The Labute approximate surface area is 288 Å². The van der Waals surface area contributed by atoms with Crippen LogP contribution in [0.15, 0.2) is 84.2 Å². The highest BCUT2D eigenvalue weighted by Crippen LogP contribution is 2.42. The van der Waals surface area contributed by atoms with E-state index in [1.54, 1.807) is 25.7 Å². The molecule has 0 saturated carbocycles. The molecule has 2 atom stereocenters. The minimum absolute atomic E-state index is 0. The third-order valence-corrected chi connectivity index (χ3v) is 9.20. The normalized spacial score (nSPS) is 19.0. The van der Waals surface area contributed by atoms with Gasteiger partial charge in [0.1, 0.15) is 22.7 Å². The van der Waals surface area contributed by atoms with Gasteiger partial charge in [0.05, 0.1) is 12.6 Å². The Balaban J connectivity index is 0.00000417. The third-order valence-electron chi connectivity index (χ3n) is 7.86. The summed E-state index contributed by atoms with van der Waals surface area (Å²) in [6, 6.07) is 20.0. The number of ether oxygens (including phenoxy) is 2. The number of nitrogens with one attached hydrogen (secondary N) is 1. The first kappa shape index (κ1) is 33.5. The molecular formula is C33H36IN5O6S. The average molecular weight is 758 g/mol. The first-order chi connectivity index (χ1) is 21.6. The second-order valence-electron chi connectivity index (χ2n) is 12.1. The number of aromatic nitrogens is 2. The minimum Gasteiger partial charge on any atom is -1.00 e. The second kappa shape index (κ2) is 13.9. The van der Waals surface area contributed by atoms with Gasteiger partial charge in [-0.25, -0.2) is 9.59 Å². The van der Waals surface area contributed by atoms with Crippen molar-refractivity contribution in [2.45, 2.75) is 63.4 Å². The molecule has 0 aliphatic carbocycles. The molecule has 1 aromatic heterocycles. The fourth-order valence-electron chi connectivity index (χ4n) is 5.86. The zero-order chi connectivity index (χ0) is 31.7. The number of carbonyl (C=O) groups excluding carboxylic acids is 4. The van der Waals surface area contributed by atoms with Gasteiger partial charge in [0, 0.05) is 17.9 Å². The fourth-order valence-corrected chi connectivity index (χ4v) is 7.19. The molecule has 1 N–H and O–H groups in total. The van der Waals surface area contributed by atoms with Crippen molar-refractivity contribution in [2.24, 2.45) is 0 Å². The van der Waals surface area contributed by atoms with E-state index in [1.165, 1.54) is 16.7 Å². The highest BCUT2D eigenvalue weighted by molar-refractivity contribution is 8.00. The van der Waals surface area contributed by atoms with Crippen molar-refractivity contribution >= 4 is 42.0 Å². The lowest BCUT2D eigenvalue weighted by Crippen LogP contribution is -3.00. The van der Waals surface area contributed by atoms with E-state index in [0.29, 0.717) is 31.0 Å². The van der Waals surface area contributed by atoms with E-state index in [9.17, 15) is 19.2 Å². The van der Waals surface area contributed by atoms with Gasteiger partial charge in [-0.2, -0.15) is 0 Å². The summed E-state index contributed by atoms with van der Waals surface area (Å²) in [7, 11) is 0. The largest absolute Gasteiger partial charge is 1.00 e. The van der Waals surface area contributed by atoms with Gasteiger partial charge in [0.2, 0.25) is 6.41 Å². The second-order valence-corrected chi connectivity index (χ2v) is 13.2. The molecule has 0 unspecified atom stereocenters. The SMILES string of the molecule is CC(C)(C)OC(=O)N[C@@H]1C(=O)N2C(C(=O)OC(c3ccccc3)c3ccccc3)=C(C[n+]3ccc4n3CCCN4C=O)CS[C@H]12.[I-]. The Morgan fingerprint density at radius 3 is 2.30 bits per heavy atom. The van der Waals surface area contributed by atoms with Gasteiger partial charge < -0.3 is 38.8 Å². The van der Waals surface area contributed by atoms with E-state index in [-0.39, 0.29) is 29.7 Å². The number of alkyl carbamates (subject to hydrolysis) is 1. The monoisotopic (exact) mass is 757 g/mol. The fraction of sp³-hybridized carbons (Fsp3) is 0.364. The molecule has 3 amide bonds. The molecule has 1 saturated heterocycles. The summed E-state index contributed by atoms with van der Waals surface area (Å²) in [5.74, 6) is 0.167. The van der Waals surface area contributed by atoms with Crippen molar-refractivity contribution < 1.29 is 57.3 Å². The highest BCUT2D eigenvalue weighted by atomic mass is 127. The smallest absolute Gasteiger partial charge is 0.408 e. The van der Waals surface area contributed by atoms with Crippen LogP contribution in [0, 0.1) is 0 Å². The number of nitrogens with zero attached hydrogens (tertiary/aromatic N) is 4. The number of fused-ring (bicyclic) bond motifs is 2. The lowest BCUT2D eigenvalue weighted by molar-refractivity contribution is -0.768. The number of thioether (sulfide) groups is 1. The molecule has 4 heterocycles. The zero-order valence-corrected chi connectivity index (χ0v) is 28.8. The van der Waals surface area contributed by atoms with E-state index < -0.39 is 41.1 Å². The first-order valence-corrected chi connectivity index (χ1v) is 16.0. The van der Waals surface area contributed by atoms with Crippen molar-refractivity contribution in [1.82, 2.24) is 14.9 Å². The van der Waals surface area contributed by atoms with Gasteiger partial charge in [0.15, 0.2) is 24.7 Å². The summed E-state index contributed by atoms with van der Waals surface area (Å²) in [5, 5.41) is 2.19. The average Bonchev–Trinajstić information content (AvgIpc) is 3.45. The topological polar surface area (TPSA) is 114 Å². The molecule has 2 aromatic carbocycles. The number of anilines is 1. The van der Waals surface area contributed by atoms with Crippen LogP contribution < -0.4 is 38.9 Å². The van der Waals surface area contributed by atoms with Gasteiger partial charge in [-0.15, -0.1) is 21.1 Å². The number of rotatable bonds is 8. The van der Waals surface area contributed by atoms with E-state index in [0.717, 1.165) is 29.8 Å². The summed E-state index contributed by atoms with van der Waals surface area (Å²) in [6.07, 6.45) is 2.10. The Morgan fingerprint density at radius 1 is 1.04 bits per heavy atom. The number of benzene rings is 2. The summed E-state index contributed by atoms with van der Waals surface area (Å²) >= 11 is 1.47. The molecule has 3 aliphatic heterocycles. The predicted molar refractivity (Wildman–Crippen MR) is 167 cm³/mol. The molecule has 0 bridgehead atoms. The molecule has 3 aromatic rings. The van der Waals surface area contributed by atoms with Gasteiger partial charge in [-0.05, 0) is 38.3 Å². The van der Waals surface area contributed by atoms with Crippen LogP contribution in [0.5, 0.6) is 0 Å². The minimum atomic E-state index is -0.844. The van der Waals surface area contributed by atoms with Crippen molar-refractivity contribution in [1.29, 1.82) is 0 Å². The summed E-state index contributed by atoms with van der Waals surface area (Å²) in [4.78, 5) is 55.2. The van der Waals surface area contributed by atoms with Crippen LogP contribution in [-0.4, -0.2) is 63.3 Å². The van der Waals surface area contributed by atoms with Crippen LogP contribution in [0.2, 0.25) is 0 Å². The quantitative estimate of drug-likeness (QED) is 0.118. The predicted octanol–water partition coefficient (Wildman–Crippen LogP) is 0.541. The number of hydrogen-bond donors (Lipinski definition) is 1. The maximum absolute atomic E-state index is 14.3.